The van der Waals surface area contributed by atoms with Crippen LogP contribution in [0.15, 0.2) is 29.6 Å². The zero-order valence-electron chi connectivity index (χ0n) is 22.5. The van der Waals surface area contributed by atoms with Crippen molar-refractivity contribution in [3.8, 4) is 17.2 Å². The van der Waals surface area contributed by atoms with E-state index in [9.17, 15) is 19.6 Å². The molecule has 0 unspecified atom stereocenters. The Bertz CT molecular complexity index is 1280. The van der Waals surface area contributed by atoms with Crippen LogP contribution in [0.25, 0.3) is 11.1 Å². The molecule has 1 aromatic carbocycles. The number of ether oxygens (including phenoxy) is 1. The SMILES string of the molecule is CN(C)C(=O)c1cc(-c2ccc(C[C@@H](C#N)CC(=O)[C@@H]3[C@H]4CC[C@H](C4)N3C(=O)OC(C)(C)C)c(F)c2)cs1. The van der Waals surface area contributed by atoms with E-state index in [1.54, 1.807) is 58.0 Å². The van der Waals surface area contributed by atoms with E-state index in [1.807, 2.05) is 5.38 Å². The molecule has 2 aliphatic rings. The highest BCUT2D eigenvalue weighted by atomic mass is 32.1. The number of amides is 2. The van der Waals surface area contributed by atoms with Crippen LogP contribution in [0, 0.1) is 29.0 Å². The predicted octanol–water partition coefficient (Wildman–Crippen LogP) is 5.69. The lowest BCUT2D eigenvalue weighted by atomic mass is 9.87. The highest BCUT2D eigenvalue weighted by Crippen LogP contribution is 2.44. The van der Waals surface area contributed by atoms with Crippen LogP contribution >= 0.6 is 11.3 Å². The van der Waals surface area contributed by atoms with Crippen LogP contribution in [0.2, 0.25) is 0 Å². The minimum Gasteiger partial charge on any atom is -0.444 e. The van der Waals surface area contributed by atoms with Crippen molar-refractivity contribution in [1.82, 2.24) is 9.80 Å². The van der Waals surface area contributed by atoms with Crippen molar-refractivity contribution < 1.29 is 23.5 Å². The zero-order chi connectivity index (χ0) is 27.8. The number of fused-ring (bicyclic) bond motifs is 2. The van der Waals surface area contributed by atoms with Crippen molar-refractivity contribution in [2.24, 2.45) is 11.8 Å². The number of thiophene rings is 1. The number of Topliss-reactive ketones (excluding diaryl/α,β-unsaturated/α-hetero) is 1. The molecule has 2 aromatic rings. The largest absolute Gasteiger partial charge is 0.444 e. The van der Waals surface area contributed by atoms with Gasteiger partial charge in [-0.3, -0.25) is 14.5 Å². The number of piperidine rings is 1. The average Bonchev–Trinajstić information content (AvgIpc) is 3.59. The van der Waals surface area contributed by atoms with E-state index < -0.39 is 29.5 Å². The van der Waals surface area contributed by atoms with E-state index >= 15 is 4.39 Å². The molecule has 0 radical (unpaired) electrons. The van der Waals surface area contributed by atoms with Crippen LogP contribution in [0.1, 0.15) is 61.7 Å². The van der Waals surface area contributed by atoms with Crippen molar-refractivity contribution in [3.05, 3.63) is 45.9 Å². The summed E-state index contributed by atoms with van der Waals surface area (Å²) in [6.07, 6.45) is 2.05. The van der Waals surface area contributed by atoms with Crippen molar-refractivity contribution in [2.45, 2.75) is 70.6 Å². The maximum absolute atomic E-state index is 15.1. The molecule has 1 saturated heterocycles. The van der Waals surface area contributed by atoms with Gasteiger partial charge in [-0.2, -0.15) is 5.26 Å². The first-order chi connectivity index (χ1) is 17.9. The Labute approximate surface area is 227 Å². The number of likely N-dealkylation sites (tertiary alicyclic amines) is 1. The van der Waals surface area contributed by atoms with Crippen molar-refractivity contribution >= 4 is 29.1 Å². The summed E-state index contributed by atoms with van der Waals surface area (Å²) in [6, 6.07) is 8.10. The molecular formula is C29H34FN3O4S. The number of carbonyl (C=O) groups excluding carboxylic acids is 3. The smallest absolute Gasteiger partial charge is 0.411 e. The molecule has 0 spiro atoms. The second-order valence-electron chi connectivity index (χ2n) is 11.5. The lowest BCUT2D eigenvalue weighted by Crippen LogP contribution is -2.51. The first-order valence-electron chi connectivity index (χ1n) is 12.9. The van der Waals surface area contributed by atoms with E-state index in [1.165, 1.54) is 22.3 Å². The van der Waals surface area contributed by atoms with Gasteiger partial charge in [0.05, 0.1) is 22.9 Å². The van der Waals surface area contributed by atoms with Crippen LogP contribution in [-0.2, 0) is 16.0 Å². The van der Waals surface area contributed by atoms with Crippen LogP contribution in [0.3, 0.4) is 0 Å². The summed E-state index contributed by atoms with van der Waals surface area (Å²) in [5.74, 6) is -1.38. The van der Waals surface area contributed by atoms with E-state index in [0.717, 1.165) is 24.8 Å². The predicted molar refractivity (Wildman–Crippen MR) is 143 cm³/mol. The number of hydrogen-bond donors (Lipinski definition) is 0. The number of nitriles is 1. The van der Waals surface area contributed by atoms with Gasteiger partial charge in [-0.15, -0.1) is 11.3 Å². The molecule has 1 aliphatic heterocycles. The maximum atomic E-state index is 15.1. The topological polar surface area (TPSA) is 90.7 Å². The number of hydrogen-bond acceptors (Lipinski definition) is 6. The molecule has 4 atom stereocenters. The fraction of sp³-hybridized carbons (Fsp3) is 0.517. The van der Waals surface area contributed by atoms with Crippen molar-refractivity contribution in [3.63, 3.8) is 0 Å². The van der Waals surface area contributed by atoms with Gasteiger partial charge in [-0.05, 0) is 86.6 Å². The first kappa shape index (κ1) is 27.8. The third kappa shape index (κ3) is 5.91. The minimum absolute atomic E-state index is 0.0139. The molecule has 1 saturated carbocycles. The molecule has 2 fully saturated rings. The van der Waals surface area contributed by atoms with E-state index in [-0.39, 0.29) is 36.5 Å². The fourth-order valence-corrected chi connectivity index (χ4v) is 6.42. The summed E-state index contributed by atoms with van der Waals surface area (Å²) in [5, 5.41) is 11.6. The first-order valence-corrected chi connectivity index (χ1v) is 13.8. The third-order valence-corrected chi connectivity index (χ3v) is 8.14. The van der Waals surface area contributed by atoms with Crippen LogP contribution < -0.4 is 0 Å². The van der Waals surface area contributed by atoms with E-state index in [0.29, 0.717) is 16.0 Å². The van der Waals surface area contributed by atoms with E-state index in [4.69, 9.17) is 4.74 Å². The number of nitrogens with zero attached hydrogens (tertiary/aromatic N) is 3. The van der Waals surface area contributed by atoms with Gasteiger partial charge in [0, 0.05) is 26.6 Å². The van der Waals surface area contributed by atoms with Gasteiger partial charge in [-0.1, -0.05) is 12.1 Å². The Kier molecular flexibility index (Phi) is 7.93. The van der Waals surface area contributed by atoms with Crippen LogP contribution in [0.5, 0.6) is 0 Å². The molecule has 2 amide bonds. The van der Waals surface area contributed by atoms with Gasteiger partial charge in [0.15, 0.2) is 5.78 Å². The zero-order valence-corrected chi connectivity index (χ0v) is 23.3. The molecule has 9 heteroatoms. The standard InChI is InChI=1S/C29H34FN3O4S/c1-29(2,3)37-28(36)33-22-9-8-20(12-22)26(33)24(34)11-17(15-31)10-19-7-6-18(13-23(19)30)21-14-25(38-16-21)27(35)32(4)5/h6-7,13-14,16-17,20,22,26H,8-12H2,1-5H3/t17-,20+,22-,26+/m1/s1. The molecule has 202 valence electrons. The van der Waals surface area contributed by atoms with Gasteiger partial charge in [0.25, 0.3) is 5.91 Å². The van der Waals surface area contributed by atoms with Gasteiger partial charge < -0.3 is 9.64 Å². The second-order valence-corrected chi connectivity index (χ2v) is 12.4. The Hall–Kier alpha value is -3.25. The molecule has 2 heterocycles. The fourth-order valence-electron chi connectivity index (χ4n) is 5.49. The van der Waals surface area contributed by atoms with Gasteiger partial charge in [0.2, 0.25) is 0 Å². The number of halogens is 1. The monoisotopic (exact) mass is 539 g/mol. The van der Waals surface area contributed by atoms with Crippen molar-refractivity contribution in [2.75, 3.05) is 14.1 Å². The van der Waals surface area contributed by atoms with E-state index in [2.05, 4.69) is 6.07 Å². The summed E-state index contributed by atoms with van der Waals surface area (Å²) in [5.41, 5.74) is 1.07. The second kappa shape index (κ2) is 10.9. The summed E-state index contributed by atoms with van der Waals surface area (Å²) >= 11 is 1.30. The average molecular weight is 540 g/mol. The van der Waals surface area contributed by atoms with Gasteiger partial charge >= 0.3 is 6.09 Å². The Morgan fingerprint density at radius 3 is 2.58 bits per heavy atom. The number of carbonyl (C=O) groups is 3. The summed E-state index contributed by atoms with van der Waals surface area (Å²) in [4.78, 5) is 42.1. The molecule has 1 aliphatic carbocycles. The van der Waals surface area contributed by atoms with Gasteiger partial charge in [-0.25, -0.2) is 9.18 Å². The minimum atomic E-state index is -0.715. The van der Waals surface area contributed by atoms with Gasteiger partial charge in [0.1, 0.15) is 11.4 Å². The molecule has 38 heavy (non-hydrogen) atoms. The Morgan fingerprint density at radius 2 is 1.95 bits per heavy atom. The van der Waals surface area contributed by atoms with Crippen LogP contribution in [0.4, 0.5) is 9.18 Å². The molecule has 0 N–H and O–H groups in total. The highest BCUT2D eigenvalue weighted by Gasteiger charge is 2.52. The highest BCUT2D eigenvalue weighted by molar-refractivity contribution is 7.12. The normalized spacial score (nSPS) is 21.2. The summed E-state index contributed by atoms with van der Waals surface area (Å²) in [6.45, 7) is 5.38. The summed E-state index contributed by atoms with van der Waals surface area (Å²) in [7, 11) is 3.36. The Balaban J connectivity index is 1.44. The van der Waals surface area contributed by atoms with Crippen LogP contribution in [-0.4, -0.2) is 59.4 Å². The molecule has 4 rings (SSSR count). The number of rotatable bonds is 7. The number of ketones is 1. The lowest BCUT2D eigenvalue weighted by molar-refractivity contribution is -0.126. The molecule has 7 nitrogen and oxygen atoms in total. The molecular weight excluding hydrogens is 505 g/mol. The molecule has 2 bridgehead atoms. The summed E-state index contributed by atoms with van der Waals surface area (Å²) < 4.78 is 20.6. The molecule has 1 aromatic heterocycles. The lowest BCUT2D eigenvalue weighted by Gasteiger charge is -2.35. The maximum Gasteiger partial charge on any atom is 0.411 e. The number of benzene rings is 1. The third-order valence-electron chi connectivity index (χ3n) is 7.22. The van der Waals surface area contributed by atoms with Crippen molar-refractivity contribution in [1.29, 1.82) is 5.26 Å². The Morgan fingerprint density at radius 1 is 1.21 bits per heavy atom. The quantitative estimate of drug-likeness (QED) is 0.451.